The van der Waals surface area contributed by atoms with Crippen LogP contribution in [0.4, 0.5) is 14.9 Å². The van der Waals surface area contributed by atoms with Gasteiger partial charge in [0.05, 0.1) is 5.69 Å². The van der Waals surface area contributed by atoms with E-state index in [1.807, 2.05) is 50.2 Å². The van der Waals surface area contributed by atoms with Gasteiger partial charge in [-0.25, -0.2) is 18.7 Å². The molecule has 4 aromatic rings. The van der Waals surface area contributed by atoms with E-state index < -0.39 is 11.9 Å². The van der Waals surface area contributed by atoms with Gasteiger partial charge in [-0.15, -0.1) is 0 Å². The van der Waals surface area contributed by atoms with Gasteiger partial charge < -0.3 is 4.74 Å². The molecule has 0 atom stereocenters. The van der Waals surface area contributed by atoms with Crippen LogP contribution in [0.2, 0.25) is 0 Å². The van der Waals surface area contributed by atoms with E-state index in [4.69, 9.17) is 4.74 Å². The number of carbonyl (C=O) groups is 1. The first-order valence-corrected chi connectivity index (χ1v) is 10.2. The van der Waals surface area contributed by atoms with Gasteiger partial charge >= 0.3 is 6.09 Å². The lowest BCUT2D eigenvalue weighted by Gasteiger charge is -2.14. The van der Waals surface area contributed by atoms with Gasteiger partial charge in [0, 0.05) is 23.0 Å². The molecule has 0 fully saturated rings. The molecule has 0 unspecified atom stereocenters. The van der Waals surface area contributed by atoms with Crippen LogP contribution in [0.1, 0.15) is 36.5 Å². The number of aromatic amines is 1. The lowest BCUT2D eigenvalue weighted by molar-refractivity contribution is 0.155. The summed E-state index contributed by atoms with van der Waals surface area (Å²) in [5.41, 5.74) is 1.79. The zero-order valence-corrected chi connectivity index (χ0v) is 17.9. The molecule has 2 N–H and O–H groups in total. The van der Waals surface area contributed by atoms with Crippen LogP contribution in [-0.4, -0.2) is 20.7 Å². The first-order chi connectivity index (χ1) is 15.9. The molecule has 0 bridgehead atoms. The Morgan fingerprint density at radius 3 is 2.73 bits per heavy atom. The second kappa shape index (κ2) is 8.96. The number of hydrogen-bond donors (Lipinski definition) is 2. The highest BCUT2D eigenvalue weighted by Crippen LogP contribution is 2.29. The molecule has 0 aliphatic rings. The summed E-state index contributed by atoms with van der Waals surface area (Å²) in [4.78, 5) is 29.8. The number of aromatic nitrogens is 3. The zero-order chi connectivity index (χ0) is 23.5. The molecule has 0 saturated heterocycles. The molecule has 9 heteroatoms. The third kappa shape index (κ3) is 4.45. The number of fused-ring (bicyclic) bond motifs is 1. The van der Waals surface area contributed by atoms with E-state index in [9.17, 15) is 19.2 Å². The fourth-order valence-corrected chi connectivity index (χ4v) is 3.53. The number of H-pyrrole nitrogens is 1. The Balaban J connectivity index is 1.70. The molecule has 33 heavy (non-hydrogen) atoms. The molecule has 2 aromatic heterocycles. The fraction of sp³-hybridized carbons (Fsp3) is 0.167. The SMILES string of the molecule is CC(C)c1c(-c2cc(F)cc(NC(=O)OCc3ccccc3)c2)nc2c(C#N)c[nH]n2c1=O. The highest BCUT2D eigenvalue weighted by atomic mass is 19.1. The summed E-state index contributed by atoms with van der Waals surface area (Å²) in [6.07, 6.45) is 0.638. The molecule has 0 spiro atoms. The first kappa shape index (κ1) is 21.8. The monoisotopic (exact) mass is 445 g/mol. The van der Waals surface area contributed by atoms with Gasteiger partial charge in [-0.1, -0.05) is 44.2 Å². The lowest BCUT2D eigenvalue weighted by Crippen LogP contribution is -2.22. The van der Waals surface area contributed by atoms with E-state index >= 15 is 0 Å². The number of carbonyl (C=O) groups excluding carboxylic acids is 1. The Morgan fingerprint density at radius 1 is 1.27 bits per heavy atom. The number of nitrogens with one attached hydrogen (secondary N) is 2. The average Bonchev–Trinajstić information content (AvgIpc) is 3.21. The van der Waals surface area contributed by atoms with Crippen LogP contribution in [0.25, 0.3) is 16.9 Å². The normalized spacial score (nSPS) is 10.9. The highest BCUT2D eigenvalue weighted by Gasteiger charge is 2.21. The lowest BCUT2D eigenvalue weighted by atomic mass is 9.98. The van der Waals surface area contributed by atoms with Crippen molar-refractivity contribution in [1.29, 1.82) is 5.26 Å². The summed E-state index contributed by atoms with van der Waals surface area (Å²) in [7, 11) is 0. The molecule has 166 valence electrons. The van der Waals surface area contributed by atoms with Gasteiger partial charge in [-0.2, -0.15) is 5.26 Å². The van der Waals surface area contributed by atoms with Gasteiger partial charge in [0.2, 0.25) is 0 Å². The van der Waals surface area contributed by atoms with Crippen molar-refractivity contribution in [3.8, 4) is 17.3 Å². The smallest absolute Gasteiger partial charge is 0.411 e. The zero-order valence-electron chi connectivity index (χ0n) is 17.9. The Labute approximate surface area is 188 Å². The molecule has 0 aliphatic heterocycles. The summed E-state index contributed by atoms with van der Waals surface area (Å²) >= 11 is 0. The molecule has 8 nitrogen and oxygen atoms in total. The minimum atomic E-state index is -0.750. The third-order valence-electron chi connectivity index (χ3n) is 5.03. The molecule has 0 aliphatic carbocycles. The Morgan fingerprint density at radius 2 is 2.03 bits per heavy atom. The van der Waals surface area contributed by atoms with Crippen LogP contribution in [-0.2, 0) is 11.3 Å². The van der Waals surface area contributed by atoms with Gasteiger partial charge in [0.15, 0.2) is 5.65 Å². The largest absolute Gasteiger partial charge is 0.444 e. The van der Waals surface area contributed by atoms with Crippen molar-refractivity contribution >= 4 is 17.4 Å². The van der Waals surface area contributed by atoms with Crippen LogP contribution in [0.15, 0.2) is 59.5 Å². The predicted octanol–water partition coefficient (Wildman–Crippen LogP) is 4.57. The minimum absolute atomic E-state index is 0.0613. The van der Waals surface area contributed by atoms with Crippen molar-refractivity contribution < 1.29 is 13.9 Å². The van der Waals surface area contributed by atoms with E-state index in [0.29, 0.717) is 11.1 Å². The number of rotatable bonds is 5. The van der Waals surface area contributed by atoms with E-state index in [-0.39, 0.29) is 40.7 Å². The predicted molar refractivity (Wildman–Crippen MR) is 120 cm³/mol. The topological polar surface area (TPSA) is 112 Å². The average molecular weight is 445 g/mol. The molecule has 0 radical (unpaired) electrons. The van der Waals surface area contributed by atoms with Crippen LogP contribution in [0, 0.1) is 17.1 Å². The van der Waals surface area contributed by atoms with Crippen LogP contribution >= 0.6 is 0 Å². The number of hydrogen-bond acceptors (Lipinski definition) is 5. The van der Waals surface area contributed by atoms with Crippen molar-refractivity contribution in [2.45, 2.75) is 26.4 Å². The van der Waals surface area contributed by atoms with Crippen LogP contribution < -0.4 is 10.9 Å². The number of nitriles is 1. The minimum Gasteiger partial charge on any atom is -0.444 e. The molecule has 0 saturated carbocycles. The van der Waals surface area contributed by atoms with Crippen LogP contribution in [0.5, 0.6) is 0 Å². The Hall–Kier alpha value is -4.45. The maximum Gasteiger partial charge on any atom is 0.411 e. The summed E-state index contributed by atoms with van der Waals surface area (Å²) in [6, 6.07) is 15.0. The number of anilines is 1. The van der Waals surface area contributed by atoms with Gasteiger partial charge in [0.25, 0.3) is 5.56 Å². The number of nitrogens with zero attached hydrogens (tertiary/aromatic N) is 3. The Bertz CT molecular complexity index is 1430. The summed E-state index contributed by atoms with van der Waals surface area (Å²) in [5.74, 6) is -0.863. The van der Waals surface area contributed by atoms with Crippen molar-refractivity contribution in [3.05, 3.63) is 87.6 Å². The maximum atomic E-state index is 14.5. The van der Waals surface area contributed by atoms with E-state index in [2.05, 4.69) is 15.4 Å². The van der Waals surface area contributed by atoms with Gasteiger partial charge in [0.1, 0.15) is 24.1 Å². The molecule has 4 rings (SSSR count). The van der Waals surface area contributed by atoms with E-state index in [0.717, 1.165) is 11.6 Å². The van der Waals surface area contributed by atoms with Gasteiger partial charge in [-0.3, -0.25) is 15.2 Å². The molecular weight excluding hydrogens is 425 g/mol. The summed E-state index contributed by atoms with van der Waals surface area (Å²) < 4.78 is 20.9. The summed E-state index contributed by atoms with van der Waals surface area (Å²) in [5, 5.41) is 14.6. The summed E-state index contributed by atoms with van der Waals surface area (Å²) in [6.45, 7) is 3.70. The van der Waals surface area contributed by atoms with Crippen LogP contribution in [0.3, 0.4) is 0 Å². The van der Waals surface area contributed by atoms with E-state index in [1.165, 1.54) is 22.8 Å². The number of ether oxygens (including phenoxy) is 1. The third-order valence-corrected chi connectivity index (χ3v) is 5.03. The second-order valence-electron chi connectivity index (χ2n) is 7.71. The number of halogens is 1. The van der Waals surface area contributed by atoms with Crippen molar-refractivity contribution in [1.82, 2.24) is 14.6 Å². The second-order valence-corrected chi connectivity index (χ2v) is 7.71. The molecule has 1 amide bonds. The standard InChI is InChI=1S/C24H20FN5O3/c1-14(2)20-21(29-22-17(11-26)12-27-30(22)23(20)31)16-8-18(25)10-19(9-16)28-24(32)33-13-15-6-4-3-5-7-15/h3-10,12,14,27H,13H2,1-2H3,(H,28,32). The first-order valence-electron chi connectivity index (χ1n) is 10.2. The molecule has 2 aromatic carbocycles. The van der Waals surface area contributed by atoms with Crippen molar-refractivity contribution in [2.75, 3.05) is 5.32 Å². The Kier molecular flexibility index (Phi) is 5.91. The van der Waals surface area contributed by atoms with E-state index in [1.54, 1.807) is 0 Å². The maximum absolute atomic E-state index is 14.5. The van der Waals surface area contributed by atoms with Crippen molar-refractivity contribution in [3.63, 3.8) is 0 Å². The van der Waals surface area contributed by atoms with Gasteiger partial charge in [-0.05, 0) is 29.7 Å². The quantitative estimate of drug-likeness (QED) is 0.467. The fourth-order valence-electron chi connectivity index (χ4n) is 3.53. The highest BCUT2D eigenvalue weighted by molar-refractivity contribution is 5.86. The van der Waals surface area contributed by atoms with Crippen molar-refractivity contribution in [2.24, 2.45) is 0 Å². The molecule has 2 heterocycles. The molecular formula is C24H20FN5O3. The number of amides is 1. The number of benzene rings is 2.